The van der Waals surface area contributed by atoms with Gasteiger partial charge in [0, 0.05) is 19.4 Å². The molecule has 0 amide bonds. The van der Waals surface area contributed by atoms with Crippen molar-refractivity contribution in [2.45, 2.75) is 219 Å². The van der Waals surface area contributed by atoms with Gasteiger partial charge in [-0.2, -0.15) is 0 Å². The molecular weight excluding hydrogens is 741 g/mol. The third-order valence-corrected chi connectivity index (χ3v) is 10.1. The maximum atomic E-state index is 12.7. The van der Waals surface area contributed by atoms with Crippen LogP contribution in [-0.2, 0) is 23.8 Å². The van der Waals surface area contributed by atoms with Crippen LogP contribution in [0.25, 0.3) is 0 Å². The molecular formula is C55H92O5. The molecule has 0 spiro atoms. The molecule has 5 nitrogen and oxygen atoms in total. The van der Waals surface area contributed by atoms with Crippen LogP contribution in [-0.4, -0.2) is 37.9 Å². The van der Waals surface area contributed by atoms with Crippen molar-refractivity contribution in [3.8, 4) is 0 Å². The van der Waals surface area contributed by atoms with Crippen molar-refractivity contribution < 1.29 is 23.8 Å². The van der Waals surface area contributed by atoms with Crippen molar-refractivity contribution in [1.29, 1.82) is 0 Å². The fraction of sp³-hybridized carbons (Fsp3) is 0.673. The fourth-order valence-corrected chi connectivity index (χ4v) is 6.49. The van der Waals surface area contributed by atoms with E-state index in [4.69, 9.17) is 14.2 Å². The number of carbonyl (C=O) groups excluding carboxylic acids is 2. The summed E-state index contributed by atoms with van der Waals surface area (Å²) in [5.74, 6) is -0.445. The minimum Gasteiger partial charge on any atom is -0.462 e. The minimum atomic E-state index is -0.557. The van der Waals surface area contributed by atoms with Crippen molar-refractivity contribution in [3.05, 3.63) is 97.2 Å². The molecule has 1 unspecified atom stereocenters. The molecule has 0 rings (SSSR count). The number of ether oxygens (including phenoxy) is 3. The molecule has 0 saturated heterocycles. The Labute approximate surface area is 371 Å². The van der Waals surface area contributed by atoms with Crippen molar-refractivity contribution in [2.75, 3.05) is 19.8 Å². The Morgan fingerprint density at radius 2 is 0.750 bits per heavy atom. The highest BCUT2D eigenvalue weighted by molar-refractivity contribution is 5.70. The second kappa shape index (κ2) is 50.2. The van der Waals surface area contributed by atoms with Crippen LogP contribution in [0.4, 0.5) is 0 Å². The third-order valence-electron chi connectivity index (χ3n) is 10.1. The molecule has 60 heavy (non-hydrogen) atoms. The molecule has 0 aromatic carbocycles. The first-order chi connectivity index (χ1) is 29.6. The molecule has 0 aromatic rings. The number of esters is 2. The summed E-state index contributed by atoms with van der Waals surface area (Å²) in [4.78, 5) is 25.3. The molecule has 0 heterocycles. The molecule has 0 aliphatic rings. The van der Waals surface area contributed by atoms with Crippen LogP contribution in [0.2, 0.25) is 0 Å². The van der Waals surface area contributed by atoms with Crippen LogP contribution < -0.4 is 0 Å². The molecule has 0 bridgehead atoms. The van der Waals surface area contributed by atoms with E-state index in [1.807, 2.05) is 0 Å². The van der Waals surface area contributed by atoms with Crippen LogP contribution in [0.3, 0.4) is 0 Å². The number of hydrogen-bond donors (Lipinski definition) is 0. The standard InChI is InChI=1S/C55H92O5/c1-4-7-10-13-16-19-21-23-25-27-28-30-31-33-35-37-39-42-45-48-54(56)59-52-53(51-58-50-47-44-41-18-15-12-9-6-3)60-55(57)49-46-43-40-38-36-34-32-29-26-24-22-20-17-14-11-8-5-2/h7-8,10-11,16-17,19-20,23-26,28,30,32,34,53H,4-6,9,12-15,18,21-22,27,29,31,33,35-52H2,1-3H3/b10-7-,11-8-,19-16-,20-17-,25-23-,26-24-,30-28-,34-32-. The number of rotatable bonds is 44. The molecule has 0 N–H and O–H groups in total. The second-order valence-electron chi connectivity index (χ2n) is 16.0. The highest BCUT2D eigenvalue weighted by atomic mass is 16.6. The van der Waals surface area contributed by atoms with E-state index in [1.165, 1.54) is 57.8 Å². The minimum absolute atomic E-state index is 0.0637. The van der Waals surface area contributed by atoms with Crippen LogP contribution in [0.5, 0.6) is 0 Å². The van der Waals surface area contributed by atoms with Gasteiger partial charge in [0.2, 0.25) is 0 Å². The monoisotopic (exact) mass is 833 g/mol. The van der Waals surface area contributed by atoms with Gasteiger partial charge in [-0.05, 0) is 96.3 Å². The van der Waals surface area contributed by atoms with Gasteiger partial charge < -0.3 is 14.2 Å². The van der Waals surface area contributed by atoms with Crippen LogP contribution in [0, 0.1) is 0 Å². The molecule has 1 atom stereocenters. The van der Waals surface area contributed by atoms with E-state index in [0.717, 1.165) is 122 Å². The molecule has 0 saturated carbocycles. The van der Waals surface area contributed by atoms with Gasteiger partial charge in [-0.25, -0.2) is 0 Å². The lowest BCUT2D eigenvalue weighted by atomic mass is 10.1. The van der Waals surface area contributed by atoms with Gasteiger partial charge in [0.1, 0.15) is 6.61 Å². The van der Waals surface area contributed by atoms with E-state index >= 15 is 0 Å². The van der Waals surface area contributed by atoms with E-state index in [-0.39, 0.29) is 25.2 Å². The lowest BCUT2D eigenvalue weighted by molar-refractivity contribution is -0.163. The van der Waals surface area contributed by atoms with Gasteiger partial charge in [0.25, 0.3) is 0 Å². The van der Waals surface area contributed by atoms with E-state index < -0.39 is 6.10 Å². The average Bonchev–Trinajstić information content (AvgIpc) is 3.25. The second-order valence-corrected chi connectivity index (χ2v) is 16.0. The van der Waals surface area contributed by atoms with E-state index in [9.17, 15) is 9.59 Å². The summed E-state index contributed by atoms with van der Waals surface area (Å²) in [6, 6.07) is 0. The first-order valence-corrected chi connectivity index (χ1v) is 24.8. The van der Waals surface area contributed by atoms with Gasteiger partial charge in [0.15, 0.2) is 6.10 Å². The fourth-order valence-electron chi connectivity index (χ4n) is 6.49. The van der Waals surface area contributed by atoms with Crippen molar-refractivity contribution >= 4 is 11.9 Å². The zero-order valence-corrected chi connectivity index (χ0v) is 39.2. The zero-order valence-electron chi connectivity index (χ0n) is 39.2. The van der Waals surface area contributed by atoms with Crippen molar-refractivity contribution in [1.82, 2.24) is 0 Å². The quantitative estimate of drug-likeness (QED) is 0.0348. The van der Waals surface area contributed by atoms with E-state index in [0.29, 0.717) is 19.4 Å². The first kappa shape index (κ1) is 56.8. The summed E-state index contributed by atoms with van der Waals surface area (Å²) in [6.07, 6.45) is 67.0. The highest BCUT2D eigenvalue weighted by Crippen LogP contribution is 2.13. The predicted octanol–water partition coefficient (Wildman–Crippen LogP) is 16.7. The Kier molecular flexibility index (Phi) is 47.5. The SMILES string of the molecule is CC/C=C\C/C=C\C/C=C\C/C=C\CCCCCCCCC(=O)OCC(COCCCCCCCCCC)OC(=O)CCCCCC/C=C\C/C=C\C/C=C\C/C=C\CC. The van der Waals surface area contributed by atoms with Crippen molar-refractivity contribution in [2.24, 2.45) is 0 Å². The summed E-state index contributed by atoms with van der Waals surface area (Å²) in [6.45, 7) is 7.54. The molecule has 5 heteroatoms. The maximum absolute atomic E-state index is 12.7. The molecule has 0 aromatic heterocycles. The first-order valence-electron chi connectivity index (χ1n) is 24.8. The summed E-state index contributed by atoms with van der Waals surface area (Å²) in [5.41, 5.74) is 0. The lowest BCUT2D eigenvalue weighted by Gasteiger charge is -2.18. The summed E-state index contributed by atoms with van der Waals surface area (Å²) >= 11 is 0. The average molecular weight is 833 g/mol. The third kappa shape index (κ3) is 47.5. The predicted molar refractivity (Wildman–Crippen MR) is 260 cm³/mol. The summed E-state index contributed by atoms with van der Waals surface area (Å²) in [7, 11) is 0. The van der Waals surface area contributed by atoms with Crippen LogP contribution in [0.1, 0.15) is 213 Å². The topological polar surface area (TPSA) is 61.8 Å². The van der Waals surface area contributed by atoms with Crippen LogP contribution in [0.15, 0.2) is 97.2 Å². The lowest BCUT2D eigenvalue weighted by Crippen LogP contribution is -2.30. The number of carbonyl (C=O) groups is 2. The van der Waals surface area contributed by atoms with Gasteiger partial charge in [-0.1, -0.05) is 201 Å². The normalized spacial score (nSPS) is 13.1. The van der Waals surface area contributed by atoms with Gasteiger partial charge in [-0.3, -0.25) is 9.59 Å². The van der Waals surface area contributed by atoms with Gasteiger partial charge in [0.05, 0.1) is 6.61 Å². The Bertz CT molecular complexity index is 1170. The molecule has 342 valence electrons. The highest BCUT2D eigenvalue weighted by Gasteiger charge is 2.17. The van der Waals surface area contributed by atoms with Crippen molar-refractivity contribution in [3.63, 3.8) is 0 Å². The van der Waals surface area contributed by atoms with Crippen LogP contribution >= 0.6 is 0 Å². The number of hydrogen-bond acceptors (Lipinski definition) is 5. The molecule has 0 fully saturated rings. The largest absolute Gasteiger partial charge is 0.462 e. The Hall–Kier alpha value is -3.18. The Balaban J connectivity index is 4.25. The van der Waals surface area contributed by atoms with Gasteiger partial charge in [-0.15, -0.1) is 0 Å². The molecule has 0 radical (unpaired) electrons. The molecule has 0 aliphatic carbocycles. The van der Waals surface area contributed by atoms with E-state index in [2.05, 4.69) is 118 Å². The van der Waals surface area contributed by atoms with Gasteiger partial charge >= 0.3 is 11.9 Å². The Morgan fingerprint density at radius 3 is 1.20 bits per heavy atom. The zero-order chi connectivity index (χ0) is 43.5. The Morgan fingerprint density at radius 1 is 0.383 bits per heavy atom. The summed E-state index contributed by atoms with van der Waals surface area (Å²) < 4.78 is 17.3. The summed E-state index contributed by atoms with van der Waals surface area (Å²) in [5, 5.41) is 0. The smallest absolute Gasteiger partial charge is 0.306 e. The maximum Gasteiger partial charge on any atom is 0.306 e. The number of allylic oxidation sites excluding steroid dienone is 16. The molecule has 0 aliphatic heterocycles. The van der Waals surface area contributed by atoms with E-state index in [1.54, 1.807) is 0 Å². The number of unbranched alkanes of at least 4 members (excludes halogenated alkanes) is 17.